The third kappa shape index (κ3) is 1.26. The molecule has 0 N–H and O–H groups in total. The maximum absolute atomic E-state index is 12.4. The Balaban J connectivity index is 2.75. The van der Waals surface area contributed by atoms with Crippen LogP contribution in [0.15, 0.2) is 30.9 Å². The van der Waals surface area contributed by atoms with E-state index in [0.29, 0.717) is 0 Å². The van der Waals surface area contributed by atoms with Crippen LogP contribution in [0.1, 0.15) is 5.56 Å². The summed E-state index contributed by atoms with van der Waals surface area (Å²) in [4.78, 5) is 3.64. The molecule has 2 aromatic rings. The molecule has 0 atom stereocenters. The van der Waals surface area contributed by atoms with Gasteiger partial charge in [-0.15, -0.1) is 0 Å². The SMILES string of the molecule is FC(F)(F)c1cccn2cncc12. The fraction of sp³-hybridized carbons (Fsp3) is 0.125. The summed E-state index contributed by atoms with van der Waals surface area (Å²) in [6.07, 6.45) is -0.256. The van der Waals surface area contributed by atoms with Crippen molar-refractivity contribution in [2.75, 3.05) is 0 Å². The maximum atomic E-state index is 12.4. The molecule has 0 unspecified atom stereocenters. The molecule has 0 radical (unpaired) electrons. The molecule has 0 saturated heterocycles. The summed E-state index contributed by atoms with van der Waals surface area (Å²) in [6, 6.07) is 2.38. The number of aromatic nitrogens is 2. The van der Waals surface area contributed by atoms with Gasteiger partial charge in [0.25, 0.3) is 0 Å². The average Bonchev–Trinajstić information content (AvgIpc) is 2.48. The normalized spacial score (nSPS) is 12.2. The van der Waals surface area contributed by atoms with Gasteiger partial charge in [0, 0.05) is 6.20 Å². The maximum Gasteiger partial charge on any atom is 0.418 e. The first-order chi connectivity index (χ1) is 6.09. The number of nitrogens with zero attached hydrogens (tertiary/aromatic N) is 2. The van der Waals surface area contributed by atoms with Crippen LogP contribution in [0.2, 0.25) is 0 Å². The number of imidazole rings is 1. The van der Waals surface area contributed by atoms with E-state index in [1.807, 2.05) is 0 Å². The second-order valence-electron chi connectivity index (χ2n) is 2.61. The minimum Gasteiger partial charge on any atom is -0.306 e. The van der Waals surface area contributed by atoms with E-state index in [2.05, 4.69) is 4.98 Å². The van der Waals surface area contributed by atoms with Crippen molar-refractivity contribution in [3.63, 3.8) is 0 Å². The van der Waals surface area contributed by atoms with Gasteiger partial charge in [-0.1, -0.05) is 0 Å². The molecule has 2 aromatic heterocycles. The van der Waals surface area contributed by atoms with Gasteiger partial charge in [0.2, 0.25) is 0 Å². The predicted molar refractivity (Wildman–Crippen MR) is 40.2 cm³/mol. The Labute approximate surface area is 71.6 Å². The van der Waals surface area contributed by atoms with Gasteiger partial charge in [0.15, 0.2) is 0 Å². The highest BCUT2D eigenvalue weighted by Gasteiger charge is 2.32. The Kier molecular flexibility index (Phi) is 1.55. The third-order valence-corrected chi connectivity index (χ3v) is 1.76. The standard InChI is InChI=1S/C8H5F3N2/c9-8(10,11)6-2-1-3-13-5-12-4-7(6)13/h1-5H. The minimum atomic E-state index is -4.32. The van der Waals surface area contributed by atoms with E-state index in [1.165, 1.54) is 29.2 Å². The highest BCUT2D eigenvalue weighted by Crippen LogP contribution is 2.31. The highest BCUT2D eigenvalue weighted by molar-refractivity contribution is 5.54. The van der Waals surface area contributed by atoms with Crippen molar-refractivity contribution in [3.05, 3.63) is 36.4 Å². The topological polar surface area (TPSA) is 17.3 Å². The molecule has 0 saturated carbocycles. The highest BCUT2D eigenvalue weighted by atomic mass is 19.4. The molecule has 0 aromatic carbocycles. The molecular formula is C8H5F3N2. The van der Waals surface area contributed by atoms with Gasteiger partial charge < -0.3 is 4.40 Å². The van der Waals surface area contributed by atoms with Crippen molar-refractivity contribution in [3.8, 4) is 0 Å². The van der Waals surface area contributed by atoms with Crippen LogP contribution in [-0.4, -0.2) is 9.38 Å². The molecule has 2 heterocycles. The number of alkyl halides is 3. The summed E-state index contributed by atoms with van der Waals surface area (Å²) >= 11 is 0. The Morgan fingerprint density at radius 3 is 2.77 bits per heavy atom. The quantitative estimate of drug-likeness (QED) is 0.617. The van der Waals surface area contributed by atoms with Crippen LogP contribution in [0, 0.1) is 0 Å². The molecule has 0 aliphatic carbocycles. The summed E-state index contributed by atoms with van der Waals surface area (Å²) in [6.45, 7) is 0. The summed E-state index contributed by atoms with van der Waals surface area (Å²) in [5.74, 6) is 0. The summed E-state index contributed by atoms with van der Waals surface area (Å²) < 4.78 is 38.4. The number of rotatable bonds is 0. The summed E-state index contributed by atoms with van der Waals surface area (Å²) in [7, 11) is 0. The van der Waals surface area contributed by atoms with Crippen molar-refractivity contribution in [1.29, 1.82) is 0 Å². The first kappa shape index (κ1) is 8.10. The largest absolute Gasteiger partial charge is 0.418 e. The molecule has 0 aliphatic heterocycles. The number of hydrogen-bond acceptors (Lipinski definition) is 1. The van der Waals surface area contributed by atoms with Gasteiger partial charge in [0.05, 0.1) is 23.6 Å². The molecule has 0 amide bonds. The summed E-state index contributed by atoms with van der Waals surface area (Å²) in [5, 5.41) is 0. The fourth-order valence-corrected chi connectivity index (χ4v) is 1.19. The first-order valence-electron chi connectivity index (χ1n) is 3.57. The van der Waals surface area contributed by atoms with Gasteiger partial charge in [0.1, 0.15) is 0 Å². The van der Waals surface area contributed by atoms with Crippen LogP contribution in [0.25, 0.3) is 5.52 Å². The van der Waals surface area contributed by atoms with E-state index in [9.17, 15) is 13.2 Å². The zero-order valence-electron chi connectivity index (χ0n) is 6.42. The van der Waals surface area contributed by atoms with Crippen LogP contribution in [0.4, 0.5) is 13.2 Å². The van der Waals surface area contributed by atoms with Crippen molar-refractivity contribution in [1.82, 2.24) is 9.38 Å². The Bertz CT molecular complexity index is 430. The number of fused-ring (bicyclic) bond motifs is 1. The van der Waals surface area contributed by atoms with E-state index in [1.54, 1.807) is 0 Å². The molecule has 68 valence electrons. The van der Waals surface area contributed by atoms with E-state index in [4.69, 9.17) is 0 Å². The zero-order chi connectivity index (χ0) is 9.47. The van der Waals surface area contributed by atoms with Crippen LogP contribution in [-0.2, 0) is 6.18 Å². The second-order valence-corrected chi connectivity index (χ2v) is 2.61. The summed E-state index contributed by atoms with van der Waals surface area (Å²) in [5.41, 5.74) is -0.581. The Morgan fingerprint density at radius 1 is 1.31 bits per heavy atom. The predicted octanol–water partition coefficient (Wildman–Crippen LogP) is 2.35. The lowest BCUT2D eigenvalue weighted by atomic mass is 10.2. The van der Waals surface area contributed by atoms with Crippen molar-refractivity contribution in [2.45, 2.75) is 6.18 Å². The zero-order valence-corrected chi connectivity index (χ0v) is 6.42. The van der Waals surface area contributed by atoms with Crippen LogP contribution in [0.5, 0.6) is 0 Å². The van der Waals surface area contributed by atoms with Gasteiger partial charge >= 0.3 is 6.18 Å². The number of halogens is 3. The molecule has 0 spiro atoms. The Hall–Kier alpha value is -1.52. The van der Waals surface area contributed by atoms with E-state index < -0.39 is 11.7 Å². The average molecular weight is 186 g/mol. The van der Waals surface area contributed by atoms with Crippen molar-refractivity contribution < 1.29 is 13.2 Å². The van der Waals surface area contributed by atoms with E-state index in [0.717, 1.165) is 6.07 Å². The Morgan fingerprint density at radius 2 is 2.08 bits per heavy atom. The number of pyridine rings is 1. The third-order valence-electron chi connectivity index (χ3n) is 1.76. The number of hydrogen-bond donors (Lipinski definition) is 0. The lowest BCUT2D eigenvalue weighted by Crippen LogP contribution is -2.06. The van der Waals surface area contributed by atoms with Gasteiger partial charge in [-0.25, -0.2) is 4.98 Å². The lowest BCUT2D eigenvalue weighted by Gasteiger charge is -2.07. The molecule has 2 nitrogen and oxygen atoms in total. The molecule has 0 fully saturated rings. The fourth-order valence-electron chi connectivity index (χ4n) is 1.19. The lowest BCUT2D eigenvalue weighted by molar-refractivity contribution is -0.136. The second kappa shape index (κ2) is 2.48. The van der Waals surface area contributed by atoms with Gasteiger partial charge in [-0.3, -0.25) is 0 Å². The monoisotopic (exact) mass is 186 g/mol. The molecule has 0 bridgehead atoms. The van der Waals surface area contributed by atoms with Crippen LogP contribution in [0.3, 0.4) is 0 Å². The van der Waals surface area contributed by atoms with Gasteiger partial charge in [-0.05, 0) is 12.1 Å². The van der Waals surface area contributed by atoms with E-state index >= 15 is 0 Å². The molecule has 2 rings (SSSR count). The molecule has 5 heteroatoms. The van der Waals surface area contributed by atoms with Crippen LogP contribution >= 0.6 is 0 Å². The van der Waals surface area contributed by atoms with Gasteiger partial charge in [-0.2, -0.15) is 13.2 Å². The minimum absolute atomic E-state index is 0.0787. The smallest absolute Gasteiger partial charge is 0.306 e. The first-order valence-corrected chi connectivity index (χ1v) is 3.57. The van der Waals surface area contributed by atoms with E-state index in [-0.39, 0.29) is 5.52 Å². The molecule has 13 heavy (non-hydrogen) atoms. The van der Waals surface area contributed by atoms with Crippen molar-refractivity contribution in [2.24, 2.45) is 0 Å². The molecular weight excluding hydrogens is 181 g/mol. The van der Waals surface area contributed by atoms with Crippen molar-refractivity contribution >= 4 is 5.52 Å². The molecule has 0 aliphatic rings. The van der Waals surface area contributed by atoms with Crippen LogP contribution < -0.4 is 0 Å².